The van der Waals surface area contributed by atoms with Gasteiger partial charge in [-0.15, -0.1) is 0 Å². The molecule has 2 rings (SSSR count). The Morgan fingerprint density at radius 1 is 1.57 bits per heavy atom. The lowest BCUT2D eigenvalue weighted by molar-refractivity contribution is -0.0687. The molecule has 0 radical (unpaired) electrons. The molecule has 2 aliphatic rings. The number of rotatable bonds is 2. The Bertz CT molecular complexity index is 249. The van der Waals surface area contributed by atoms with E-state index in [-0.39, 0.29) is 12.2 Å². The van der Waals surface area contributed by atoms with Gasteiger partial charge in [0.25, 0.3) is 0 Å². The fourth-order valence-electron chi connectivity index (χ4n) is 1.86. The van der Waals surface area contributed by atoms with Gasteiger partial charge in [-0.3, -0.25) is 4.90 Å². The molecule has 2 aliphatic heterocycles. The van der Waals surface area contributed by atoms with Crippen LogP contribution in [0, 0.1) is 0 Å². The van der Waals surface area contributed by atoms with E-state index in [0.717, 1.165) is 13.0 Å². The van der Waals surface area contributed by atoms with Crippen molar-refractivity contribution in [1.82, 2.24) is 4.90 Å². The molecule has 2 saturated heterocycles. The fraction of sp³-hybridized carbons (Fsp3) is 0.889. The molecule has 1 N–H and O–H groups in total. The lowest BCUT2D eigenvalue weighted by Gasteiger charge is -2.26. The van der Waals surface area contributed by atoms with Gasteiger partial charge in [-0.2, -0.15) is 0 Å². The summed E-state index contributed by atoms with van der Waals surface area (Å²) in [6, 6.07) is 0. The number of hydrogen-bond donors (Lipinski definition) is 1. The minimum Gasteiger partial charge on any atom is -0.465 e. The first-order valence-electron chi connectivity index (χ1n) is 4.79. The van der Waals surface area contributed by atoms with Crippen molar-refractivity contribution < 1.29 is 19.4 Å². The molecule has 80 valence electrons. The van der Waals surface area contributed by atoms with E-state index >= 15 is 0 Å². The summed E-state index contributed by atoms with van der Waals surface area (Å²) in [4.78, 5) is 12.2. The Hall–Kier alpha value is -0.810. The van der Waals surface area contributed by atoms with Crippen molar-refractivity contribution in [1.29, 1.82) is 0 Å². The average molecular weight is 201 g/mol. The van der Waals surface area contributed by atoms with Crippen molar-refractivity contribution in [3.63, 3.8) is 0 Å². The van der Waals surface area contributed by atoms with Gasteiger partial charge in [0.1, 0.15) is 5.72 Å². The molecule has 5 nitrogen and oxygen atoms in total. The molecule has 5 heteroatoms. The number of ether oxygens (including phenoxy) is 2. The van der Waals surface area contributed by atoms with E-state index in [4.69, 9.17) is 14.6 Å². The van der Waals surface area contributed by atoms with Crippen molar-refractivity contribution in [2.75, 3.05) is 13.2 Å². The minimum atomic E-state index is -0.922. The number of amides is 1. The molecule has 0 bridgehead atoms. The van der Waals surface area contributed by atoms with E-state index in [1.165, 1.54) is 4.90 Å². The molecule has 2 heterocycles. The predicted octanol–water partition coefficient (Wildman–Crippen LogP) is 0.890. The molecule has 0 aromatic carbocycles. The first-order chi connectivity index (χ1) is 6.49. The summed E-state index contributed by atoms with van der Waals surface area (Å²) in [6.45, 7) is 4.78. The van der Waals surface area contributed by atoms with Crippen molar-refractivity contribution in [3.8, 4) is 0 Å². The topological polar surface area (TPSA) is 62.3 Å². The summed E-state index contributed by atoms with van der Waals surface area (Å²) in [5.41, 5.74) is -0.703. The Morgan fingerprint density at radius 2 is 2.21 bits per heavy atom. The highest BCUT2D eigenvalue weighted by atomic mass is 16.6. The van der Waals surface area contributed by atoms with Crippen LogP contribution in [0.4, 0.5) is 4.79 Å². The van der Waals surface area contributed by atoms with Crippen LogP contribution in [0.1, 0.15) is 20.3 Å². The van der Waals surface area contributed by atoms with E-state index in [1.807, 2.05) is 0 Å². The van der Waals surface area contributed by atoms with E-state index in [1.54, 1.807) is 13.8 Å². The number of carboxylic acid groups (broad SMARTS) is 1. The Balaban J connectivity index is 1.96. The second-order valence-corrected chi connectivity index (χ2v) is 4.27. The maximum atomic E-state index is 10.9. The lowest BCUT2D eigenvalue weighted by Crippen LogP contribution is -2.42. The maximum absolute atomic E-state index is 10.9. The van der Waals surface area contributed by atoms with Gasteiger partial charge < -0.3 is 14.6 Å². The molecule has 2 unspecified atom stereocenters. The van der Waals surface area contributed by atoms with Crippen molar-refractivity contribution in [3.05, 3.63) is 0 Å². The third kappa shape index (κ3) is 1.83. The zero-order valence-electron chi connectivity index (χ0n) is 8.40. The van der Waals surface area contributed by atoms with Crippen molar-refractivity contribution in [2.24, 2.45) is 0 Å². The Labute approximate surface area is 82.6 Å². The molecule has 0 aliphatic carbocycles. The van der Waals surface area contributed by atoms with Gasteiger partial charge in [0, 0.05) is 6.42 Å². The van der Waals surface area contributed by atoms with Crippen LogP contribution < -0.4 is 0 Å². The molecule has 0 aromatic rings. The van der Waals surface area contributed by atoms with E-state index < -0.39 is 11.8 Å². The van der Waals surface area contributed by atoms with Gasteiger partial charge >= 0.3 is 6.09 Å². The molecule has 0 spiro atoms. The van der Waals surface area contributed by atoms with E-state index in [0.29, 0.717) is 6.54 Å². The summed E-state index contributed by atoms with van der Waals surface area (Å²) in [5, 5.41) is 8.93. The summed E-state index contributed by atoms with van der Waals surface area (Å²) in [5.74, 6) is 0. The minimum absolute atomic E-state index is 0.0198. The average Bonchev–Trinajstić information content (AvgIpc) is 2.76. The first kappa shape index (κ1) is 9.73. The number of carbonyl (C=O) groups is 1. The van der Waals surface area contributed by atoms with Crippen molar-refractivity contribution >= 4 is 6.09 Å². The monoisotopic (exact) mass is 201 g/mol. The van der Waals surface area contributed by atoms with Gasteiger partial charge in [0.2, 0.25) is 0 Å². The highest BCUT2D eigenvalue weighted by molar-refractivity contribution is 5.66. The number of epoxide rings is 1. The number of hydrogen-bond acceptors (Lipinski definition) is 3. The molecule has 14 heavy (non-hydrogen) atoms. The van der Waals surface area contributed by atoms with Gasteiger partial charge in [-0.05, 0) is 13.8 Å². The smallest absolute Gasteiger partial charge is 0.409 e. The van der Waals surface area contributed by atoms with Gasteiger partial charge in [-0.1, -0.05) is 0 Å². The molecule has 0 saturated carbocycles. The van der Waals surface area contributed by atoms with Crippen LogP contribution in [0.3, 0.4) is 0 Å². The molecule has 1 amide bonds. The van der Waals surface area contributed by atoms with Crippen LogP contribution >= 0.6 is 0 Å². The lowest BCUT2D eigenvalue weighted by atomic mass is 10.2. The van der Waals surface area contributed by atoms with Crippen molar-refractivity contribution in [2.45, 2.75) is 38.2 Å². The van der Waals surface area contributed by atoms with E-state index in [2.05, 4.69) is 0 Å². The highest BCUT2D eigenvalue weighted by Gasteiger charge is 2.44. The SMILES string of the molecule is CC1(C)OC(CC2CO2)CN1C(=O)O. The zero-order valence-corrected chi connectivity index (χ0v) is 8.40. The molecule has 0 aromatic heterocycles. The third-order valence-corrected chi connectivity index (χ3v) is 2.65. The quantitative estimate of drug-likeness (QED) is 0.674. The van der Waals surface area contributed by atoms with Gasteiger partial charge in [-0.25, -0.2) is 4.79 Å². The van der Waals surface area contributed by atoms with Crippen LogP contribution in [0.15, 0.2) is 0 Å². The molecular formula is C9H15NO4. The van der Waals surface area contributed by atoms with Crippen LogP contribution in [-0.2, 0) is 9.47 Å². The second kappa shape index (κ2) is 3.10. The maximum Gasteiger partial charge on any atom is 0.409 e. The van der Waals surface area contributed by atoms with Gasteiger partial charge in [0.05, 0.1) is 25.4 Å². The largest absolute Gasteiger partial charge is 0.465 e. The standard InChI is InChI=1S/C9H15NO4/c1-9(2)10(8(11)12)4-6(14-9)3-7-5-13-7/h6-7H,3-5H2,1-2H3,(H,11,12). The zero-order chi connectivity index (χ0) is 10.3. The highest BCUT2D eigenvalue weighted by Crippen LogP contribution is 2.30. The summed E-state index contributed by atoms with van der Waals surface area (Å²) < 4.78 is 10.7. The van der Waals surface area contributed by atoms with E-state index in [9.17, 15) is 4.79 Å². The molecule has 2 atom stereocenters. The Morgan fingerprint density at radius 3 is 2.64 bits per heavy atom. The predicted molar refractivity (Wildman–Crippen MR) is 48.0 cm³/mol. The van der Waals surface area contributed by atoms with Crippen LogP contribution in [0.2, 0.25) is 0 Å². The summed E-state index contributed by atoms with van der Waals surface area (Å²) >= 11 is 0. The Kier molecular flexibility index (Phi) is 2.16. The summed E-state index contributed by atoms with van der Waals surface area (Å²) in [6.07, 6.45) is 0.139. The van der Waals surface area contributed by atoms with Crippen LogP contribution in [0.25, 0.3) is 0 Å². The number of nitrogens with zero attached hydrogens (tertiary/aromatic N) is 1. The third-order valence-electron chi connectivity index (χ3n) is 2.65. The molecular weight excluding hydrogens is 186 g/mol. The second-order valence-electron chi connectivity index (χ2n) is 4.27. The fourth-order valence-corrected chi connectivity index (χ4v) is 1.86. The normalized spacial score (nSPS) is 34.6. The van der Waals surface area contributed by atoms with Crippen LogP contribution in [0.5, 0.6) is 0 Å². The van der Waals surface area contributed by atoms with Crippen LogP contribution in [-0.4, -0.2) is 47.2 Å². The molecule has 2 fully saturated rings. The first-order valence-corrected chi connectivity index (χ1v) is 4.79. The summed E-state index contributed by atoms with van der Waals surface area (Å²) in [7, 11) is 0. The van der Waals surface area contributed by atoms with Gasteiger partial charge in [0.15, 0.2) is 0 Å².